The highest BCUT2D eigenvalue weighted by Crippen LogP contribution is 2.25. The van der Waals surface area contributed by atoms with E-state index in [4.69, 9.17) is 10.5 Å². The van der Waals surface area contributed by atoms with Crippen molar-refractivity contribution < 1.29 is 9.53 Å². The summed E-state index contributed by atoms with van der Waals surface area (Å²) in [6, 6.07) is 5.29. The molecule has 0 saturated heterocycles. The normalized spacial score (nSPS) is 12.8. The molecule has 0 radical (unpaired) electrons. The lowest BCUT2D eigenvalue weighted by molar-refractivity contribution is 0.0948. The molecule has 0 aromatic heterocycles. The molecule has 3 nitrogen and oxygen atoms in total. The SMILES string of the molecule is COc1ccc(C(C)C)cc1C(=O)C(N)CC(C)C. The van der Waals surface area contributed by atoms with Crippen LogP contribution < -0.4 is 10.5 Å². The minimum atomic E-state index is -0.462. The van der Waals surface area contributed by atoms with E-state index in [0.29, 0.717) is 29.6 Å². The molecule has 1 rings (SSSR count). The Morgan fingerprint density at radius 1 is 1.26 bits per heavy atom. The summed E-state index contributed by atoms with van der Waals surface area (Å²) in [5, 5.41) is 0. The first-order valence-electron chi connectivity index (χ1n) is 6.84. The summed E-state index contributed by atoms with van der Waals surface area (Å²) in [4.78, 5) is 12.4. The van der Waals surface area contributed by atoms with Gasteiger partial charge in [-0.2, -0.15) is 0 Å². The summed E-state index contributed by atoms with van der Waals surface area (Å²) in [7, 11) is 1.58. The van der Waals surface area contributed by atoms with Gasteiger partial charge in [-0.1, -0.05) is 33.8 Å². The Hall–Kier alpha value is -1.35. The third-order valence-electron chi connectivity index (χ3n) is 3.22. The number of Topliss-reactive ketones (excluding diaryl/α,β-unsaturated/α-hetero) is 1. The Morgan fingerprint density at radius 3 is 2.37 bits per heavy atom. The highest BCUT2D eigenvalue weighted by molar-refractivity contribution is 6.02. The van der Waals surface area contributed by atoms with Crippen LogP contribution in [0, 0.1) is 5.92 Å². The number of ether oxygens (including phenoxy) is 1. The zero-order chi connectivity index (χ0) is 14.6. The number of nitrogens with two attached hydrogens (primary N) is 1. The summed E-state index contributed by atoms with van der Waals surface area (Å²) in [6.07, 6.45) is 0.688. The van der Waals surface area contributed by atoms with Gasteiger partial charge in [0.05, 0.1) is 18.7 Å². The average molecular weight is 263 g/mol. The second-order valence-corrected chi connectivity index (χ2v) is 5.71. The van der Waals surface area contributed by atoms with E-state index in [1.807, 2.05) is 18.2 Å². The fraction of sp³-hybridized carbons (Fsp3) is 0.562. The lowest BCUT2D eigenvalue weighted by Crippen LogP contribution is -2.32. The molecular formula is C16H25NO2. The maximum Gasteiger partial charge on any atom is 0.183 e. The minimum Gasteiger partial charge on any atom is -0.496 e. The molecule has 0 spiro atoms. The van der Waals surface area contributed by atoms with E-state index in [-0.39, 0.29) is 5.78 Å². The van der Waals surface area contributed by atoms with Gasteiger partial charge in [0, 0.05) is 0 Å². The second kappa shape index (κ2) is 6.71. The molecule has 0 aliphatic rings. The first kappa shape index (κ1) is 15.7. The average Bonchev–Trinajstić information content (AvgIpc) is 2.36. The molecule has 0 bridgehead atoms. The molecule has 1 aromatic carbocycles. The molecule has 1 aromatic rings. The van der Waals surface area contributed by atoms with Gasteiger partial charge >= 0.3 is 0 Å². The van der Waals surface area contributed by atoms with Crippen LogP contribution in [0.15, 0.2) is 18.2 Å². The number of carbonyl (C=O) groups excluding carboxylic acids is 1. The number of ketones is 1. The van der Waals surface area contributed by atoms with E-state index >= 15 is 0 Å². The van der Waals surface area contributed by atoms with Crippen LogP contribution in [0.5, 0.6) is 5.75 Å². The van der Waals surface area contributed by atoms with Crippen molar-refractivity contribution in [1.82, 2.24) is 0 Å². The highest BCUT2D eigenvalue weighted by Gasteiger charge is 2.21. The fourth-order valence-corrected chi connectivity index (χ4v) is 2.09. The van der Waals surface area contributed by atoms with Crippen LogP contribution in [0.3, 0.4) is 0 Å². The largest absolute Gasteiger partial charge is 0.496 e. The Morgan fingerprint density at radius 2 is 1.89 bits per heavy atom. The fourth-order valence-electron chi connectivity index (χ4n) is 2.09. The predicted octanol–water partition coefficient (Wildman–Crippen LogP) is 3.37. The summed E-state index contributed by atoms with van der Waals surface area (Å²) < 4.78 is 5.28. The lowest BCUT2D eigenvalue weighted by Gasteiger charge is -2.16. The molecule has 106 valence electrons. The molecule has 0 fully saturated rings. The molecule has 19 heavy (non-hydrogen) atoms. The molecular weight excluding hydrogens is 238 g/mol. The van der Waals surface area contributed by atoms with E-state index in [9.17, 15) is 4.79 Å². The van der Waals surface area contributed by atoms with Crippen molar-refractivity contribution in [3.05, 3.63) is 29.3 Å². The van der Waals surface area contributed by atoms with E-state index in [1.54, 1.807) is 7.11 Å². The van der Waals surface area contributed by atoms with Crippen molar-refractivity contribution in [2.24, 2.45) is 11.7 Å². The maximum absolute atomic E-state index is 12.4. The molecule has 0 heterocycles. The van der Waals surface area contributed by atoms with Crippen molar-refractivity contribution in [2.45, 2.75) is 46.1 Å². The van der Waals surface area contributed by atoms with Crippen LogP contribution in [-0.2, 0) is 0 Å². The standard InChI is InChI=1S/C16H25NO2/c1-10(2)8-14(17)16(18)13-9-12(11(3)4)6-7-15(13)19-5/h6-7,9-11,14H,8,17H2,1-5H3. The minimum absolute atomic E-state index is 0.0342. The molecule has 1 atom stereocenters. The molecule has 0 saturated carbocycles. The van der Waals surface area contributed by atoms with Crippen molar-refractivity contribution in [3.8, 4) is 5.75 Å². The van der Waals surface area contributed by atoms with Gasteiger partial charge in [-0.3, -0.25) is 4.79 Å². The van der Waals surface area contributed by atoms with Crippen molar-refractivity contribution in [2.75, 3.05) is 7.11 Å². The van der Waals surface area contributed by atoms with Gasteiger partial charge in [-0.25, -0.2) is 0 Å². The van der Waals surface area contributed by atoms with Crippen LogP contribution in [0.1, 0.15) is 56.0 Å². The zero-order valence-corrected chi connectivity index (χ0v) is 12.6. The van der Waals surface area contributed by atoms with Crippen molar-refractivity contribution in [3.63, 3.8) is 0 Å². The van der Waals surface area contributed by atoms with Crippen molar-refractivity contribution in [1.29, 1.82) is 0 Å². The molecule has 0 amide bonds. The number of hydrogen-bond acceptors (Lipinski definition) is 3. The van der Waals surface area contributed by atoms with Gasteiger partial charge in [0.1, 0.15) is 5.75 Å². The number of carbonyl (C=O) groups is 1. The number of methoxy groups -OCH3 is 1. The summed E-state index contributed by atoms with van der Waals surface area (Å²) >= 11 is 0. The van der Waals surface area contributed by atoms with E-state index in [2.05, 4.69) is 27.7 Å². The zero-order valence-electron chi connectivity index (χ0n) is 12.6. The Bertz CT molecular complexity index is 438. The summed E-state index contributed by atoms with van der Waals surface area (Å²) in [5.74, 6) is 1.35. The first-order chi connectivity index (χ1) is 8.86. The number of benzene rings is 1. The van der Waals surface area contributed by atoms with Crippen LogP contribution in [0.25, 0.3) is 0 Å². The monoisotopic (exact) mass is 263 g/mol. The molecule has 1 unspecified atom stereocenters. The second-order valence-electron chi connectivity index (χ2n) is 5.71. The molecule has 2 N–H and O–H groups in total. The van der Waals surface area contributed by atoms with Gasteiger partial charge in [0.25, 0.3) is 0 Å². The van der Waals surface area contributed by atoms with Gasteiger partial charge in [0.2, 0.25) is 0 Å². The highest BCUT2D eigenvalue weighted by atomic mass is 16.5. The van der Waals surface area contributed by atoms with Crippen LogP contribution in [-0.4, -0.2) is 18.9 Å². The van der Waals surface area contributed by atoms with E-state index in [1.165, 1.54) is 0 Å². The Balaban J connectivity index is 3.08. The predicted molar refractivity (Wildman–Crippen MR) is 78.8 cm³/mol. The summed E-state index contributed by atoms with van der Waals surface area (Å²) in [5.41, 5.74) is 7.72. The quantitative estimate of drug-likeness (QED) is 0.800. The van der Waals surface area contributed by atoms with Crippen LogP contribution >= 0.6 is 0 Å². The molecule has 0 aliphatic heterocycles. The van der Waals surface area contributed by atoms with Gasteiger partial charge in [-0.05, 0) is 36.0 Å². The van der Waals surface area contributed by atoms with E-state index in [0.717, 1.165) is 5.56 Å². The third-order valence-corrected chi connectivity index (χ3v) is 3.22. The van der Waals surface area contributed by atoms with Crippen molar-refractivity contribution >= 4 is 5.78 Å². The topological polar surface area (TPSA) is 52.3 Å². The Labute approximate surface area is 116 Å². The van der Waals surface area contributed by atoms with Crippen LogP contribution in [0.2, 0.25) is 0 Å². The van der Waals surface area contributed by atoms with Crippen LogP contribution in [0.4, 0.5) is 0 Å². The van der Waals surface area contributed by atoms with E-state index < -0.39 is 6.04 Å². The Kier molecular flexibility index (Phi) is 5.55. The van der Waals surface area contributed by atoms with Gasteiger partial charge < -0.3 is 10.5 Å². The smallest absolute Gasteiger partial charge is 0.183 e. The maximum atomic E-state index is 12.4. The van der Waals surface area contributed by atoms with Gasteiger partial charge in [0.15, 0.2) is 5.78 Å². The number of hydrogen-bond donors (Lipinski definition) is 1. The third kappa shape index (κ3) is 4.06. The first-order valence-corrected chi connectivity index (χ1v) is 6.84. The number of rotatable bonds is 6. The van der Waals surface area contributed by atoms with Gasteiger partial charge in [-0.15, -0.1) is 0 Å². The molecule has 3 heteroatoms. The lowest BCUT2D eigenvalue weighted by atomic mass is 9.93. The summed E-state index contributed by atoms with van der Waals surface area (Å²) in [6.45, 7) is 8.33. The molecule has 0 aliphatic carbocycles.